The minimum Gasteiger partial charge on any atom is -0.298 e. The number of nitriles is 1. The molecule has 1 unspecified atom stereocenters. The van der Waals surface area contributed by atoms with E-state index in [9.17, 15) is 13.2 Å². The average molecular weight is 251 g/mol. The highest BCUT2D eigenvalue weighted by atomic mass is 19.4. The summed E-state index contributed by atoms with van der Waals surface area (Å²) in [7, 11) is 1.40. The lowest BCUT2D eigenvalue weighted by atomic mass is 9.98. The molecule has 0 bridgehead atoms. The van der Waals surface area contributed by atoms with Crippen LogP contribution in [0, 0.1) is 11.3 Å². The molecule has 0 fully saturated rings. The van der Waals surface area contributed by atoms with E-state index in [0.717, 1.165) is 0 Å². The lowest BCUT2D eigenvalue weighted by Gasteiger charge is -2.28. The van der Waals surface area contributed by atoms with Crippen LogP contribution >= 0.6 is 0 Å². The molecule has 0 aliphatic carbocycles. The maximum absolute atomic E-state index is 12.1. The second kappa shape index (κ2) is 6.22. The van der Waals surface area contributed by atoms with Crippen molar-refractivity contribution in [3.05, 3.63) is 0 Å². The van der Waals surface area contributed by atoms with Crippen LogP contribution in [0.5, 0.6) is 0 Å². The SMILES string of the molecule is CC(C)NC(C)(C#N)CCN(C)CC(F)(F)F. The Morgan fingerprint density at radius 3 is 2.24 bits per heavy atom. The van der Waals surface area contributed by atoms with Gasteiger partial charge in [0.2, 0.25) is 0 Å². The zero-order valence-corrected chi connectivity index (χ0v) is 10.7. The predicted molar refractivity (Wildman–Crippen MR) is 60.5 cm³/mol. The van der Waals surface area contributed by atoms with E-state index >= 15 is 0 Å². The summed E-state index contributed by atoms with van der Waals surface area (Å²) in [6, 6.07) is 2.23. The largest absolute Gasteiger partial charge is 0.401 e. The van der Waals surface area contributed by atoms with Gasteiger partial charge in [0, 0.05) is 12.6 Å². The molecule has 1 atom stereocenters. The van der Waals surface area contributed by atoms with Crippen molar-refractivity contribution < 1.29 is 13.2 Å². The van der Waals surface area contributed by atoms with Crippen molar-refractivity contribution in [1.29, 1.82) is 5.26 Å². The molecule has 0 radical (unpaired) electrons. The maximum atomic E-state index is 12.1. The minimum atomic E-state index is -4.19. The summed E-state index contributed by atoms with van der Waals surface area (Å²) >= 11 is 0. The highest BCUT2D eigenvalue weighted by Crippen LogP contribution is 2.17. The number of rotatable bonds is 6. The van der Waals surface area contributed by atoms with Gasteiger partial charge in [-0.3, -0.25) is 10.2 Å². The summed E-state index contributed by atoms with van der Waals surface area (Å²) in [5.74, 6) is 0. The average Bonchev–Trinajstić information content (AvgIpc) is 2.11. The fraction of sp³-hybridized carbons (Fsp3) is 0.909. The molecule has 0 amide bonds. The first-order valence-electron chi connectivity index (χ1n) is 5.52. The van der Waals surface area contributed by atoms with E-state index < -0.39 is 18.3 Å². The van der Waals surface area contributed by atoms with Crippen molar-refractivity contribution in [2.24, 2.45) is 0 Å². The van der Waals surface area contributed by atoms with Crippen molar-refractivity contribution >= 4 is 0 Å². The number of hydrogen-bond acceptors (Lipinski definition) is 3. The fourth-order valence-corrected chi connectivity index (χ4v) is 1.60. The number of alkyl halides is 3. The summed E-state index contributed by atoms with van der Waals surface area (Å²) in [6.45, 7) is 4.78. The molecular formula is C11H20F3N3. The first-order chi connectivity index (χ1) is 7.58. The molecule has 1 N–H and O–H groups in total. The van der Waals surface area contributed by atoms with Gasteiger partial charge < -0.3 is 0 Å². The molecule has 6 heteroatoms. The van der Waals surface area contributed by atoms with Gasteiger partial charge in [-0.2, -0.15) is 18.4 Å². The summed E-state index contributed by atoms with van der Waals surface area (Å²) in [5, 5.41) is 12.1. The number of hydrogen-bond donors (Lipinski definition) is 1. The Balaban J connectivity index is 4.20. The molecule has 0 aromatic rings. The molecule has 0 aromatic heterocycles. The molecule has 0 saturated heterocycles. The van der Waals surface area contributed by atoms with Crippen molar-refractivity contribution in [2.45, 2.75) is 44.9 Å². The Morgan fingerprint density at radius 2 is 1.88 bits per heavy atom. The molecule has 0 aliphatic heterocycles. The molecule has 0 rings (SSSR count). The van der Waals surface area contributed by atoms with Crippen LogP contribution in [0.1, 0.15) is 27.2 Å². The second-order valence-corrected chi connectivity index (χ2v) is 4.85. The Hall–Kier alpha value is -0.800. The van der Waals surface area contributed by atoms with Crippen LogP contribution in [0.3, 0.4) is 0 Å². The topological polar surface area (TPSA) is 39.1 Å². The number of halogens is 3. The summed E-state index contributed by atoms with van der Waals surface area (Å²) < 4.78 is 36.3. The van der Waals surface area contributed by atoms with Gasteiger partial charge in [0.05, 0.1) is 12.6 Å². The fourth-order valence-electron chi connectivity index (χ4n) is 1.60. The molecule has 17 heavy (non-hydrogen) atoms. The van der Waals surface area contributed by atoms with Crippen LogP contribution < -0.4 is 5.32 Å². The maximum Gasteiger partial charge on any atom is 0.401 e. The van der Waals surface area contributed by atoms with Gasteiger partial charge in [-0.15, -0.1) is 0 Å². The van der Waals surface area contributed by atoms with Crippen molar-refractivity contribution in [1.82, 2.24) is 10.2 Å². The van der Waals surface area contributed by atoms with Gasteiger partial charge in [-0.25, -0.2) is 0 Å². The van der Waals surface area contributed by atoms with Crippen LogP contribution in [0.2, 0.25) is 0 Å². The Morgan fingerprint density at radius 1 is 1.35 bits per heavy atom. The summed E-state index contributed by atoms with van der Waals surface area (Å²) in [5.41, 5.74) is -0.784. The predicted octanol–water partition coefficient (Wildman–Crippen LogP) is 2.15. The van der Waals surface area contributed by atoms with E-state index in [2.05, 4.69) is 11.4 Å². The van der Waals surface area contributed by atoms with E-state index in [1.165, 1.54) is 11.9 Å². The third kappa shape index (κ3) is 8.00. The molecular weight excluding hydrogens is 231 g/mol. The summed E-state index contributed by atoms with van der Waals surface area (Å²) in [4.78, 5) is 1.18. The molecule has 0 aromatic carbocycles. The van der Waals surface area contributed by atoms with Gasteiger partial charge in [0.25, 0.3) is 0 Å². The van der Waals surface area contributed by atoms with E-state index in [1.54, 1.807) is 6.92 Å². The van der Waals surface area contributed by atoms with Gasteiger partial charge in [0.15, 0.2) is 0 Å². The highest BCUT2D eigenvalue weighted by molar-refractivity contribution is 5.04. The van der Waals surface area contributed by atoms with Crippen molar-refractivity contribution in [2.75, 3.05) is 20.1 Å². The normalized spacial score (nSPS) is 16.0. The smallest absolute Gasteiger partial charge is 0.298 e. The monoisotopic (exact) mass is 251 g/mol. The third-order valence-electron chi connectivity index (χ3n) is 2.30. The lowest BCUT2D eigenvalue weighted by molar-refractivity contribution is -0.143. The van der Waals surface area contributed by atoms with E-state index in [0.29, 0.717) is 6.42 Å². The van der Waals surface area contributed by atoms with Crippen molar-refractivity contribution in [3.8, 4) is 6.07 Å². The molecule has 0 aliphatic rings. The minimum absolute atomic E-state index is 0.118. The van der Waals surface area contributed by atoms with Crippen LogP contribution in [0.4, 0.5) is 13.2 Å². The van der Waals surface area contributed by atoms with Crippen LogP contribution in [-0.2, 0) is 0 Å². The van der Waals surface area contributed by atoms with Gasteiger partial charge in [0.1, 0.15) is 5.54 Å². The highest BCUT2D eigenvalue weighted by Gasteiger charge is 2.30. The lowest BCUT2D eigenvalue weighted by Crippen LogP contribution is -2.47. The van der Waals surface area contributed by atoms with E-state index in [-0.39, 0.29) is 12.6 Å². The van der Waals surface area contributed by atoms with Crippen LogP contribution in [-0.4, -0.2) is 42.8 Å². The summed E-state index contributed by atoms with van der Waals surface area (Å²) in [6.07, 6.45) is -3.84. The second-order valence-electron chi connectivity index (χ2n) is 4.85. The van der Waals surface area contributed by atoms with E-state index in [1.807, 2.05) is 13.8 Å². The van der Waals surface area contributed by atoms with Gasteiger partial charge in [-0.05, 0) is 34.2 Å². The molecule has 0 saturated carbocycles. The Labute approximate surface area is 101 Å². The number of nitrogens with one attached hydrogen (secondary N) is 1. The zero-order valence-electron chi connectivity index (χ0n) is 10.7. The number of nitrogens with zero attached hydrogens (tertiary/aromatic N) is 2. The van der Waals surface area contributed by atoms with Crippen LogP contribution in [0.25, 0.3) is 0 Å². The first-order valence-corrected chi connectivity index (χ1v) is 5.52. The van der Waals surface area contributed by atoms with Gasteiger partial charge >= 0.3 is 6.18 Å². The third-order valence-corrected chi connectivity index (χ3v) is 2.30. The molecule has 0 spiro atoms. The standard InChI is InChI=1S/C11H20F3N3/c1-9(2)16-10(3,7-15)5-6-17(4)8-11(12,13)14/h9,16H,5-6,8H2,1-4H3. The Kier molecular flexibility index (Phi) is 5.93. The van der Waals surface area contributed by atoms with E-state index in [4.69, 9.17) is 5.26 Å². The Bertz CT molecular complexity index is 270. The molecule has 3 nitrogen and oxygen atoms in total. The van der Waals surface area contributed by atoms with Crippen LogP contribution in [0.15, 0.2) is 0 Å². The first kappa shape index (κ1) is 16.2. The molecule has 0 heterocycles. The quantitative estimate of drug-likeness (QED) is 0.786. The zero-order chi connectivity index (χ0) is 13.7. The molecule has 100 valence electrons. The van der Waals surface area contributed by atoms with Crippen molar-refractivity contribution in [3.63, 3.8) is 0 Å². The van der Waals surface area contributed by atoms with Gasteiger partial charge in [-0.1, -0.05) is 0 Å².